The number of allylic oxidation sites excluding steroid dienone is 1. The summed E-state index contributed by atoms with van der Waals surface area (Å²) in [5.74, 6) is 0. The summed E-state index contributed by atoms with van der Waals surface area (Å²) < 4.78 is 5.44. The Labute approximate surface area is 84.7 Å². The molecule has 0 spiro atoms. The lowest BCUT2D eigenvalue weighted by Gasteiger charge is -2.05. The van der Waals surface area contributed by atoms with Gasteiger partial charge >= 0.3 is 0 Å². The van der Waals surface area contributed by atoms with Crippen LogP contribution in [-0.4, -0.2) is 19.5 Å². The summed E-state index contributed by atoms with van der Waals surface area (Å²) in [5.41, 5.74) is 4.94. The third kappa shape index (κ3) is 3.30. The highest BCUT2D eigenvalue weighted by atomic mass is 28.3. The Morgan fingerprint density at radius 1 is 1.38 bits per heavy atom. The smallest absolute Gasteiger partial charge is 0.184 e. The summed E-state index contributed by atoms with van der Waals surface area (Å²) in [7, 11) is -0.151. The molecule has 0 saturated heterocycles. The van der Waals surface area contributed by atoms with Crippen LogP contribution in [0.3, 0.4) is 0 Å². The summed E-state index contributed by atoms with van der Waals surface area (Å²) in [5, 5.41) is 0. The van der Waals surface area contributed by atoms with Gasteiger partial charge in [0.1, 0.15) is 10.5 Å². The van der Waals surface area contributed by atoms with Gasteiger partial charge in [-0.1, -0.05) is 36.0 Å². The second-order valence-corrected chi connectivity index (χ2v) is 6.79. The molecule has 0 bridgehead atoms. The molecule has 1 unspecified atom stereocenters. The molecule has 0 aromatic heterocycles. The molecule has 1 atom stereocenters. The van der Waals surface area contributed by atoms with E-state index in [1.165, 1.54) is 11.1 Å². The molecular weight excluding hydrogens is 192 g/mol. The zero-order valence-corrected chi connectivity index (χ0v) is 11.6. The zero-order valence-electron chi connectivity index (χ0n) is 8.45. The van der Waals surface area contributed by atoms with E-state index < -0.39 is 9.04 Å². The predicted octanol–water partition coefficient (Wildman–Crippen LogP) is 1.28. The van der Waals surface area contributed by atoms with Crippen LogP contribution in [0.15, 0.2) is 36.0 Å². The van der Waals surface area contributed by atoms with Crippen molar-refractivity contribution in [3.8, 4) is 0 Å². The minimum atomic E-state index is -1.01. The maximum atomic E-state index is 5.44. The molecule has 0 aliphatic carbocycles. The van der Waals surface area contributed by atoms with E-state index in [1.54, 1.807) is 0 Å². The van der Waals surface area contributed by atoms with Crippen molar-refractivity contribution in [2.24, 2.45) is 0 Å². The van der Waals surface area contributed by atoms with E-state index in [0.29, 0.717) is 0 Å². The number of hydrogen-bond acceptors (Lipinski definition) is 1. The highest BCUT2D eigenvalue weighted by Crippen LogP contribution is 2.12. The molecule has 0 N–H and O–H groups in total. The largest absolute Gasteiger partial charge is 0.463 e. The first-order chi connectivity index (χ1) is 6.24. The van der Waals surface area contributed by atoms with Gasteiger partial charge in [-0.3, -0.25) is 0 Å². The molecule has 0 heterocycles. The Kier molecular flexibility index (Phi) is 4.14. The predicted molar refractivity (Wildman–Crippen MR) is 64.1 cm³/mol. The number of rotatable bonds is 3. The fourth-order valence-electron chi connectivity index (χ4n) is 1.22. The van der Waals surface area contributed by atoms with Crippen LogP contribution in [0.1, 0.15) is 12.5 Å². The molecule has 1 rings (SSSR count). The van der Waals surface area contributed by atoms with Crippen molar-refractivity contribution < 1.29 is 4.12 Å². The highest BCUT2D eigenvalue weighted by Gasteiger charge is 1.99. The van der Waals surface area contributed by atoms with Gasteiger partial charge in [-0.2, -0.15) is 0 Å². The lowest BCUT2D eigenvalue weighted by Crippen LogP contribution is -2.07. The van der Waals surface area contributed by atoms with Crippen LogP contribution >= 0.6 is 0 Å². The Morgan fingerprint density at radius 2 is 2.00 bits per heavy atom. The monoisotopic (exact) mass is 208 g/mol. The molecule has 13 heavy (non-hydrogen) atoms. The third-order valence-electron chi connectivity index (χ3n) is 2.09. The average Bonchev–Trinajstić information content (AvgIpc) is 2.19. The summed E-state index contributed by atoms with van der Waals surface area (Å²) in [4.78, 5) is 0. The minimum Gasteiger partial charge on any atom is -0.463 e. The topological polar surface area (TPSA) is 9.23 Å². The molecular formula is C10H16OSi2. The van der Waals surface area contributed by atoms with Crippen LogP contribution in [0.4, 0.5) is 0 Å². The molecule has 3 heteroatoms. The fraction of sp³-hybridized carbons (Fsp3) is 0.200. The van der Waals surface area contributed by atoms with Gasteiger partial charge < -0.3 is 4.12 Å². The van der Waals surface area contributed by atoms with Crippen molar-refractivity contribution in [1.82, 2.24) is 0 Å². The maximum absolute atomic E-state index is 5.44. The molecule has 1 aromatic rings. The van der Waals surface area contributed by atoms with Crippen molar-refractivity contribution in [2.45, 2.75) is 13.5 Å². The SMILES string of the molecule is CC(=C[SiH](C)O[SiH3])c1ccccc1. The van der Waals surface area contributed by atoms with Crippen LogP contribution < -0.4 is 0 Å². The first-order valence-corrected chi connectivity index (χ1v) is 7.61. The molecule has 0 saturated carbocycles. The molecule has 0 radical (unpaired) electrons. The van der Waals surface area contributed by atoms with Gasteiger partial charge in [0.05, 0.1) is 0 Å². The second-order valence-electron chi connectivity index (χ2n) is 3.16. The zero-order chi connectivity index (χ0) is 9.68. The number of benzene rings is 1. The van der Waals surface area contributed by atoms with E-state index >= 15 is 0 Å². The van der Waals surface area contributed by atoms with E-state index in [1.807, 2.05) is 6.07 Å². The van der Waals surface area contributed by atoms with Crippen molar-refractivity contribution in [1.29, 1.82) is 0 Å². The van der Waals surface area contributed by atoms with E-state index in [0.717, 1.165) is 10.5 Å². The van der Waals surface area contributed by atoms with Crippen molar-refractivity contribution >= 4 is 25.1 Å². The first kappa shape index (κ1) is 10.4. The molecule has 0 fully saturated rings. The maximum Gasteiger partial charge on any atom is 0.184 e. The highest BCUT2D eigenvalue weighted by molar-refractivity contribution is 6.60. The van der Waals surface area contributed by atoms with Gasteiger partial charge in [0.15, 0.2) is 9.04 Å². The molecule has 0 amide bonds. The van der Waals surface area contributed by atoms with Crippen LogP contribution in [0, 0.1) is 0 Å². The normalized spacial score (nSPS) is 14.5. The van der Waals surface area contributed by atoms with Crippen LogP contribution in [-0.2, 0) is 4.12 Å². The van der Waals surface area contributed by atoms with Gasteiger partial charge in [0, 0.05) is 0 Å². The quantitative estimate of drug-likeness (QED) is 0.680. The first-order valence-electron chi connectivity index (χ1n) is 4.50. The molecule has 0 aliphatic rings. The molecule has 0 aliphatic heterocycles. The van der Waals surface area contributed by atoms with E-state index in [4.69, 9.17) is 4.12 Å². The van der Waals surface area contributed by atoms with Crippen molar-refractivity contribution in [3.63, 3.8) is 0 Å². The number of hydrogen-bond donors (Lipinski definition) is 0. The van der Waals surface area contributed by atoms with Crippen molar-refractivity contribution in [3.05, 3.63) is 41.6 Å². The van der Waals surface area contributed by atoms with Crippen LogP contribution in [0.2, 0.25) is 6.55 Å². The summed E-state index contributed by atoms with van der Waals surface area (Å²) in [6.45, 7) is 4.36. The van der Waals surface area contributed by atoms with E-state index in [9.17, 15) is 0 Å². The third-order valence-corrected chi connectivity index (χ3v) is 6.03. The summed E-state index contributed by atoms with van der Waals surface area (Å²) in [6.07, 6.45) is 0. The lowest BCUT2D eigenvalue weighted by atomic mass is 10.1. The van der Waals surface area contributed by atoms with Gasteiger partial charge in [0.2, 0.25) is 0 Å². The summed E-state index contributed by atoms with van der Waals surface area (Å²) in [6, 6.07) is 10.5. The average molecular weight is 208 g/mol. The Bertz CT molecular complexity index is 282. The van der Waals surface area contributed by atoms with Crippen molar-refractivity contribution in [2.75, 3.05) is 0 Å². The Balaban J connectivity index is 2.79. The van der Waals surface area contributed by atoms with Gasteiger partial charge in [-0.05, 0) is 24.6 Å². The van der Waals surface area contributed by atoms with Crippen LogP contribution in [0.25, 0.3) is 5.57 Å². The van der Waals surface area contributed by atoms with Gasteiger partial charge in [-0.25, -0.2) is 0 Å². The molecule has 1 nitrogen and oxygen atoms in total. The molecule has 1 aromatic carbocycles. The van der Waals surface area contributed by atoms with Crippen LogP contribution in [0.5, 0.6) is 0 Å². The second kappa shape index (κ2) is 5.16. The standard InChI is InChI=1S/C10H16OSi2/c1-9(8-13(2)11-12)10-6-4-3-5-7-10/h3-8,13H,1-2,12H3. The Morgan fingerprint density at radius 3 is 2.54 bits per heavy atom. The molecule has 70 valence electrons. The van der Waals surface area contributed by atoms with Gasteiger partial charge in [-0.15, -0.1) is 0 Å². The summed E-state index contributed by atoms with van der Waals surface area (Å²) >= 11 is 0. The van der Waals surface area contributed by atoms with Gasteiger partial charge in [0.25, 0.3) is 0 Å². The van der Waals surface area contributed by atoms with E-state index in [2.05, 4.69) is 43.4 Å². The minimum absolute atomic E-state index is 0.858. The Hall–Kier alpha value is -0.646. The lowest BCUT2D eigenvalue weighted by molar-refractivity contribution is 0.653. The van der Waals surface area contributed by atoms with E-state index in [-0.39, 0.29) is 0 Å². The fourth-order valence-corrected chi connectivity index (χ4v) is 2.66.